The monoisotopic (exact) mass is 384 g/mol. The predicted molar refractivity (Wildman–Crippen MR) is 108 cm³/mol. The molecule has 3 amide bonds. The quantitative estimate of drug-likeness (QED) is 0.701. The average Bonchev–Trinajstić information content (AvgIpc) is 3.29. The zero-order chi connectivity index (χ0) is 20.6. The van der Waals surface area contributed by atoms with Gasteiger partial charge in [-0.1, -0.05) is 39.0 Å². The fraction of sp³-hybridized carbons (Fsp3) is 0.524. The van der Waals surface area contributed by atoms with Crippen molar-refractivity contribution in [3.63, 3.8) is 0 Å². The molecule has 0 bridgehead atoms. The first-order valence-corrected chi connectivity index (χ1v) is 9.80. The number of rotatable bonds is 6. The van der Waals surface area contributed by atoms with E-state index < -0.39 is 17.3 Å². The molecule has 150 valence electrons. The Kier molecular flexibility index (Phi) is 5.28. The second-order valence-electron chi connectivity index (χ2n) is 8.18. The Labute approximate surface area is 165 Å². The molecule has 0 unspecified atom stereocenters. The summed E-state index contributed by atoms with van der Waals surface area (Å²) in [7, 11) is 0. The van der Waals surface area contributed by atoms with Gasteiger partial charge in [-0.2, -0.15) is 5.10 Å². The Morgan fingerprint density at radius 3 is 2.57 bits per heavy atom. The van der Waals surface area contributed by atoms with Crippen LogP contribution in [0.2, 0.25) is 0 Å². The third kappa shape index (κ3) is 3.30. The van der Waals surface area contributed by atoms with E-state index in [0.717, 1.165) is 12.0 Å². The van der Waals surface area contributed by atoms with Crippen molar-refractivity contribution < 1.29 is 14.4 Å². The molecule has 1 heterocycles. The van der Waals surface area contributed by atoms with Crippen molar-refractivity contribution in [2.24, 2.45) is 28.3 Å². The Hall–Kier alpha value is -2.70. The van der Waals surface area contributed by atoms with E-state index in [9.17, 15) is 14.4 Å². The molecule has 0 saturated heterocycles. The minimum absolute atomic E-state index is 0.00990. The summed E-state index contributed by atoms with van der Waals surface area (Å²) in [5.41, 5.74) is 3.85. The number of fused-ring (bicyclic) bond motifs is 1. The van der Waals surface area contributed by atoms with Crippen LogP contribution in [-0.4, -0.2) is 29.5 Å². The maximum Gasteiger partial charge on any atom is 0.245 e. The molecular formula is C21H28N4O3. The van der Waals surface area contributed by atoms with Crippen LogP contribution in [0.4, 0.5) is 5.69 Å². The van der Waals surface area contributed by atoms with Crippen molar-refractivity contribution in [1.29, 1.82) is 0 Å². The first kappa shape index (κ1) is 20.0. The van der Waals surface area contributed by atoms with Gasteiger partial charge in [-0.3, -0.25) is 14.4 Å². The highest BCUT2D eigenvalue weighted by Gasteiger charge is 2.72. The van der Waals surface area contributed by atoms with E-state index in [1.807, 2.05) is 58.9 Å². The van der Waals surface area contributed by atoms with Crippen LogP contribution in [-0.2, 0) is 14.4 Å². The molecule has 1 saturated carbocycles. The van der Waals surface area contributed by atoms with Crippen LogP contribution in [0.25, 0.3) is 0 Å². The molecule has 7 nitrogen and oxygen atoms in total. The Morgan fingerprint density at radius 1 is 1.25 bits per heavy atom. The smallest absolute Gasteiger partial charge is 0.245 e. The Bertz CT molecular complexity index is 848. The maximum atomic E-state index is 12.7. The van der Waals surface area contributed by atoms with E-state index >= 15 is 0 Å². The van der Waals surface area contributed by atoms with Gasteiger partial charge in [0.2, 0.25) is 17.7 Å². The first-order valence-electron chi connectivity index (χ1n) is 9.80. The number of carbonyl (C=O) groups is 3. The molecule has 0 radical (unpaired) electrons. The number of benzene rings is 1. The topological polar surface area (TPSA) is 99.7 Å². The molecule has 1 aromatic carbocycles. The van der Waals surface area contributed by atoms with Crippen molar-refractivity contribution in [2.45, 2.75) is 47.1 Å². The number of nitrogens with zero attached hydrogens (tertiary/aromatic N) is 1. The zero-order valence-electron chi connectivity index (χ0n) is 17.0. The lowest BCUT2D eigenvalue weighted by atomic mass is 9.89. The number of hydrogen-bond acceptors (Lipinski definition) is 4. The fourth-order valence-corrected chi connectivity index (χ4v) is 3.92. The highest BCUT2D eigenvalue weighted by molar-refractivity contribution is 6.19. The van der Waals surface area contributed by atoms with Gasteiger partial charge in [0.05, 0.1) is 17.5 Å². The number of anilines is 1. The maximum absolute atomic E-state index is 12.7. The summed E-state index contributed by atoms with van der Waals surface area (Å²) in [4.78, 5) is 37.4. The molecule has 0 aromatic heterocycles. The lowest BCUT2D eigenvalue weighted by Crippen LogP contribution is -2.35. The molecule has 28 heavy (non-hydrogen) atoms. The molecule has 1 aliphatic heterocycles. The highest BCUT2D eigenvalue weighted by atomic mass is 16.2. The number of carbonyl (C=O) groups excluding carboxylic acids is 3. The van der Waals surface area contributed by atoms with Crippen molar-refractivity contribution in [2.75, 3.05) is 5.32 Å². The molecule has 7 heteroatoms. The van der Waals surface area contributed by atoms with Crippen molar-refractivity contribution in [3.05, 3.63) is 29.8 Å². The second kappa shape index (κ2) is 7.37. The number of hydrazone groups is 1. The van der Waals surface area contributed by atoms with Crippen LogP contribution < -0.4 is 16.1 Å². The molecule has 3 rings (SSSR count). The number of hydrogen-bond donors (Lipinski definition) is 3. The van der Waals surface area contributed by atoms with Crippen LogP contribution in [0.3, 0.4) is 0 Å². The minimum Gasteiger partial charge on any atom is -0.354 e. The fourth-order valence-electron chi connectivity index (χ4n) is 3.92. The van der Waals surface area contributed by atoms with Crippen LogP contribution in [0, 0.1) is 23.2 Å². The van der Waals surface area contributed by atoms with Gasteiger partial charge in [0.15, 0.2) is 0 Å². The van der Waals surface area contributed by atoms with Gasteiger partial charge in [-0.15, -0.1) is 0 Å². The van der Waals surface area contributed by atoms with Gasteiger partial charge < -0.3 is 10.6 Å². The summed E-state index contributed by atoms with van der Waals surface area (Å²) in [6, 6.07) is 7.37. The Morgan fingerprint density at radius 2 is 1.93 bits per heavy atom. The van der Waals surface area contributed by atoms with Crippen LogP contribution >= 0.6 is 0 Å². The third-order valence-corrected chi connectivity index (χ3v) is 5.80. The predicted octanol–water partition coefficient (Wildman–Crippen LogP) is 2.28. The first-order chi connectivity index (χ1) is 13.2. The molecule has 0 spiro atoms. The standard InChI is InChI=1S/C21H28N4O3/c1-6-12(4)18(26)23-14-10-8-7-9-13(14)17-21(5)15(19(27)22-11(2)3)16(21)20(28)25-24-17/h7-12,15-16H,6H2,1-5H3,(H,22,27)(H,23,26)(H,25,28)/t12-,15-,16+,21+/m0/s1. The lowest BCUT2D eigenvalue weighted by Gasteiger charge is -2.22. The molecule has 2 aliphatic rings. The van der Waals surface area contributed by atoms with Crippen molar-refractivity contribution in [3.8, 4) is 0 Å². The van der Waals surface area contributed by atoms with Gasteiger partial charge in [-0.05, 0) is 26.3 Å². The normalized spacial score (nSPS) is 26.6. The minimum atomic E-state index is -0.696. The third-order valence-electron chi connectivity index (χ3n) is 5.80. The number of amides is 3. The lowest BCUT2D eigenvalue weighted by molar-refractivity contribution is -0.127. The van der Waals surface area contributed by atoms with Gasteiger partial charge in [0.1, 0.15) is 0 Å². The molecule has 1 aliphatic carbocycles. The second-order valence-corrected chi connectivity index (χ2v) is 8.18. The molecule has 3 N–H and O–H groups in total. The van der Waals surface area contributed by atoms with E-state index in [1.54, 1.807) is 0 Å². The summed E-state index contributed by atoms with van der Waals surface area (Å²) in [6.07, 6.45) is 0.738. The summed E-state index contributed by atoms with van der Waals surface area (Å²) < 4.78 is 0. The van der Waals surface area contributed by atoms with Crippen LogP contribution in [0.5, 0.6) is 0 Å². The van der Waals surface area contributed by atoms with Gasteiger partial charge in [0, 0.05) is 28.6 Å². The summed E-state index contributed by atoms with van der Waals surface area (Å²) in [5, 5.41) is 10.2. The molecule has 1 aromatic rings. The molecular weight excluding hydrogens is 356 g/mol. The summed E-state index contributed by atoms with van der Waals surface area (Å²) in [6.45, 7) is 9.51. The van der Waals surface area contributed by atoms with Gasteiger partial charge in [0.25, 0.3) is 0 Å². The van der Waals surface area contributed by atoms with Crippen LogP contribution in [0.1, 0.15) is 46.6 Å². The van der Waals surface area contributed by atoms with E-state index in [4.69, 9.17) is 0 Å². The highest BCUT2D eigenvalue weighted by Crippen LogP contribution is 2.62. The largest absolute Gasteiger partial charge is 0.354 e. The molecule has 1 fully saturated rings. The van der Waals surface area contributed by atoms with Crippen LogP contribution in [0.15, 0.2) is 29.4 Å². The van der Waals surface area contributed by atoms with E-state index in [2.05, 4.69) is 21.2 Å². The molecule has 4 atom stereocenters. The average molecular weight is 384 g/mol. The summed E-state index contributed by atoms with van der Waals surface area (Å²) in [5.74, 6) is -1.51. The van der Waals surface area contributed by atoms with E-state index in [0.29, 0.717) is 11.4 Å². The number of para-hydroxylation sites is 1. The van der Waals surface area contributed by atoms with E-state index in [1.165, 1.54) is 0 Å². The van der Waals surface area contributed by atoms with Gasteiger partial charge >= 0.3 is 0 Å². The SMILES string of the molecule is CC[C@H](C)C(=O)Nc1ccccc1C1=NNC(=O)[C@H]2[C@@H](C(=O)NC(C)C)[C@@]12C. The Balaban J connectivity index is 1.95. The summed E-state index contributed by atoms with van der Waals surface area (Å²) >= 11 is 0. The van der Waals surface area contributed by atoms with E-state index in [-0.39, 0.29) is 29.7 Å². The van der Waals surface area contributed by atoms with Crippen molar-refractivity contribution >= 4 is 29.1 Å². The van der Waals surface area contributed by atoms with Gasteiger partial charge in [-0.25, -0.2) is 5.43 Å². The number of nitrogens with one attached hydrogen (secondary N) is 3. The zero-order valence-corrected chi connectivity index (χ0v) is 17.0. The van der Waals surface area contributed by atoms with Crippen molar-refractivity contribution in [1.82, 2.24) is 10.7 Å².